The SMILES string of the molecule is Cc1ccc(NC(=S)NCCCc2ccco2)nc1. The van der Waals surface area contributed by atoms with E-state index in [-0.39, 0.29) is 0 Å². The molecule has 0 fully saturated rings. The number of furan rings is 1. The average molecular weight is 275 g/mol. The van der Waals surface area contributed by atoms with E-state index in [1.165, 1.54) is 0 Å². The van der Waals surface area contributed by atoms with Crippen LogP contribution in [0.4, 0.5) is 5.82 Å². The molecule has 0 saturated carbocycles. The Morgan fingerprint density at radius 2 is 2.26 bits per heavy atom. The third kappa shape index (κ3) is 4.71. The summed E-state index contributed by atoms with van der Waals surface area (Å²) in [6.45, 7) is 2.81. The van der Waals surface area contributed by atoms with E-state index in [2.05, 4.69) is 15.6 Å². The van der Waals surface area contributed by atoms with E-state index < -0.39 is 0 Å². The summed E-state index contributed by atoms with van der Waals surface area (Å²) in [4.78, 5) is 4.23. The Bertz CT molecular complexity index is 508. The van der Waals surface area contributed by atoms with Crippen LogP contribution in [0.15, 0.2) is 41.1 Å². The van der Waals surface area contributed by atoms with Crippen LogP contribution in [0.25, 0.3) is 0 Å². The predicted molar refractivity (Wildman–Crippen MR) is 80.2 cm³/mol. The van der Waals surface area contributed by atoms with Gasteiger partial charge in [-0.3, -0.25) is 0 Å². The molecule has 0 unspecified atom stereocenters. The Hall–Kier alpha value is -1.88. The van der Waals surface area contributed by atoms with Crippen molar-refractivity contribution < 1.29 is 4.42 Å². The molecule has 0 radical (unpaired) electrons. The van der Waals surface area contributed by atoms with Gasteiger partial charge >= 0.3 is 0 Å². The van der Waals surface area contributed by atoms with Crippen molar-refractivity contribution in [2.24, 2.45) is 0 Å². The van der Waals surface area contributed by atoms with E-state index in [9.17, 15) is 0 Å². The first-order chi connectivity index (χ1) is 9.24. The quantitative estimate of drug-likeness (QED) is 0.649. The first-order valence-electron chi connectivity index (χ1n) is 6.24. The summed E-state index contributed by atoms with van der Waals surface area (Å²) in [6, 6.07) is 7.78. The number of nitrogens with zero attached hydrogens (tertiary/aromatic N) is 1. The lowest BCUT2D eigenvalue weighted by atomic mass is 10.2. The van der Waals surface area contributed by atoms with Gasteiger partial charge in [0.15, 0.2) is 5.11 Å². The van der Waals surface area contributed by atoms with Crippen LogP contribution in [0.1, 0.15) is 17.7 Å². The number of rotatable bonds is 5. The minimum absolute atomic E-state index is 0.593. The van der Waals surface area contributed by atoms with E-state index in [4.69, 9.17) is 16.6 Å². The molecule has 2 aromatic rings. The number of aryl methyl sites for hydroxylation is 2. The number of thiocarbonyl (C=S) groups is 1. The lowest BCUT2D eigenvalue weighted by Crippen LogP contribution is -2.29. The van der Waals surface area contributed by atoms with Crippen LogP contribution in [-0.4, -0.2) is 16.6 Å². The van der Waals surface area contributed by atoms with Gasteiger partial charge in [-0.2, -0.15) is 0 Å². The second-order valence-electron chi connectivity index (χ2n) is 4.28. The molecule has 4 nitrogen and oxygen atoms in total. The predicted octanol–water partition coefficient (Wildman–Crippen LogP) is 2.90. The lowest BCUT2D eigenvalue weighted by Gasteiger charge is -2.09. The van der Waals surface area contributed by atoms with Crippen molar-refractivity contribution in [3.8, 4) is 0 Å². The molecule has 0 amide bonds. The molecular weight excluding hydrogens is 258 g/mol. The zero-order chi connectivity index (χ0) is 13.5. The van der Waals surface area contributed by atoms with E-state index in [0.717, 1.165) is 36.5 Å². The molecule has 19 heavy (non-hydrogen) atoms. The van der Waals surface area contributed by atoms with Crippen molar-refractivity contribution in [3.05, 3.63) is 48.0 Å². The Kier molecular flexibility index (Phi) is 4.92. The van der Waals surface area contributed by atoms with Crippen molar-refractivity contribution in [1.82, 2.24) is 10.3 Å². The number of pyridine rings is 1. The standard InChI is InChI=1S/C14H17N3OS/c1-11-6-7-13(16-10-11)17-14(19)15-8-2-4-12-5-3-9-18-12/h3,5-7,9-10H,2,4,8H2,1H3,(H2,15,16,17,19). The molecule has 0 bridgehead atoms. The van der Waals surface area contributed by atoms with Crippen LogP contribution in [0, 0.1) is 6.92 Å². The molecule has 0 aliphatic carbocycles. The van der Waals surface area contributed by atoms with Gasteiger partial charge in [-0.25, -0.2) is 4.98 Å². The van der Waals surface area contributed by atoms with Gasteiger partial charge in [0.1, 0.15) is 11.6 Å². The first kappa shape index (κ1) is 13.5. The largest absolute Gasteiger partial charge is 0.469 e. The van der Waals surface area contributed by atoms with Crippen LogP contribution in [0.3, 0.4) is 0 Å². The highest BCUT2D eigenvalue weighted by Gasteiger charge is 1.99. The summed E-state index contributed by atoms with van der Waals surface area (Å²) in [7, 11) is 0. The normalized spacial score (nSPS) is 10.2. The smallest absolute Gasteiger partial charge is 0.171 e. The number of aromatic nitrogens is 1. The summed E-state index contributed by atoms with van der Waals surface area (Å²) in [5.41, 5.74) is 1.13. The van der Waals surface area contributed by atoms with Crippen molar-refractivity contribution in [1.29, 1.82) is 0 Å². The van der Waals surface area contributed by atoms with Gasteiger partial charge in [-0.05, 0) is 49.3 Å². The molecule has 5 heteroatoms. The van der Waals surface area contributed by atoms with Crippen LogP contribution in [-0.2, 0) is 6.42 Å². The molecule has 0 atom stereocenters. The molecule has 100 valence electrons. The lowest BCUT2D eigenvalue weighted by molar-refractivity contribution is 0.501. The van der Waals surface area contributed by atoms with Crippen LogP contribution < -0.4 is 10.6 Å². The molecule has 2 aromatic heterocycles. The van der Waals surface area contributed by atoms with Gasteiger partial charge < -0.3 is 15.1 Å². The molecule has 0 spiro atoms. The summed E-state index contributed by atoms with van der Waals surface area (Å²) < 4.78 is 5.26. The first-order valence-corrected chi connectivity index (χ1v) is 6.65. The minimum atomic E-state index is 0.593. The Morgan fingerprint density at radius 1 is 1.37 bits per heavy atom. The van der Waals surface area contributed by atoms with Gasteiger partial charge in [0.25, 0.3) is 0 Å². The molecule has 0 aromatic carbocycles. The maximum atomic E-state index is 5.26. The molecule has 0 aliphatic rings. The third-order valence-corrected chi connectivity index (χ3v) is 2.86. The average Bonchev–Trinajstić information content (AvgIpc) is 2.91. The summed E-state index contributed by atoms with van der Waals surface area (Å²) in [5.74, 6) is 1.76. The Morgan fingerprint density at radius 3 is 2.95 bits per heavy atom. The fourth-order valence-electron chi connectivity index (χ4n) is 1.62. The summed E-state index contributed by atoms with van der Waals surface area (Å²) >= 11 is 5.20. The monoisotopic (exact) mass is 275 g/mol. The van der Waals surface area contributed by atoms with E-state index in [1.54, 1.807) is 6.26 Å². The van der Waals surface area contributed by atoms with Crippen LogP contribution >= 0.6 is 12.2 Å². The van der Waals surface area contributed by atoms with Crippen molar-refractivity contribution >= 4 is 23.1 Å². The van der Waals surface area contributed by atoms with Gasteiger partial charge in [-0.15, -0.1) is 0 Å². The van der Waals surface area contributed by atoms with Crippen LogP contribution in [0.5, 0.6) is 0 Å². The molecule has 2 N–H and O–H groups in total. The maximum Gasteiger partial charge on any atom is 0.171 e. The molecule has 2 heterocycles. The highest BCUT2D eigenvalue weighted by Crippen LogP contribution is 2.04. The molecular formula is C14H17N3OS. The second kappa shape index (κ2) is 6.89. The van der Waals surface area contributed by atoms with Crippen molar-refractivity contribution in [2.75, 3.05) is 11.9 Å². The van der Waals surface area contributed by atoms with E-state index in [1.807, 2.05) is 37.4 Å². The zero-order valence-corrected chi connectivity index (χ0v) is 11.7. The number of hydrogen-bond acceptors (Lipinski definition) is 3. The number of hydrogen-bond donors (Lipinski definition) is 2. The molecule has 0 aliphatic heterocycles. The fourth-order valence-corrected chi connectivity index (χ4v) is 1.83. The van der Waals surface area contributed by atoms with E-state index >= 15 is 0 Å². The highest BCUT2D eigenvalue weighted by atomic mass is 32.1. The molecule has 0 saturated heterocycles. The van der Waals surface area contributed by atoms with Crippen molar-refractivity contribution in [3.63, 3.8) is 0 Å². The van der Waals surface area contributed by atoms with Crippen molar-refractivity contribution in [2.45, 2.75) is 19.8 Å². The summed E-state index contributed by atoms with van der Waals surface area (Å²) in [5, 5.41) is 6.79. The number of anilines is 1. The van der Waals surface area contributed by atoms with Gasteiger partial charge in [-0.1, -0.05) is 6.07 Å². The van der Waals surface area contributed by atoms with Gasteiger partial charge in [0, 0.05) is 19.2 Å². The Labute approximate surface area is 118 Å². The van der Waals surface area contributed by atoms with Gasteiger partial charge in [0.05, 0.1) is 6.26 Å². The Balaban J connectivity index is 1.65. The second-order valence-corrected chi connectivity index (χ2v) is 4.69. The zero-order valence-electron chi connectivity index (χ0n) is 10.8. The highest BCUT2D eigenvalue weighted by molar-refractivity contribution is 7.80. The van der Waals surface area contributed by atoms with Gasteiger partial charge in [0.2, 0.25) is 0 Å². The third-order valence-electron chi connectivity index (χ3n) is 2.62. The number of nitrogens with one attached hydrogen (secondary N) is 2. The molecule has 2 rings (SSSR count). The maximum absolute atomic E-state index is 5.26. The fraction of sp³-hybridized carbons (Fsp3) is 0.286. The topological polar surface area (TPSA) is 50.1 Å². The van der Waals surface area contributed by atoms with E-state index in [0.29, 0.717) is 5.11 Å². The summed E-state index contributed by atoms with van der Waals surface area (Å²) in [6.07, 6.45) is 5.38. The van der Waals surface area contributed by atoms with Crippen LogP contribution in [0.2, 0.25) is 0 Å². The minimum Gasteiger partial charge on any atom is -0.469 e.